The molecule has 25 heavy (non-hydrogen) atoms. The van der Waals surface area contributed by atoms with Crippen LogP contribution in [0.25, 0.3) is 0 Å². The first-order valence-electron chi connectivity index (χ1n) is 7.66. The number of aldehydes is 1. The number of hydrogen-bond acceptors (Lipinski definition) is 4. The Morgan fingerprint density at radius 2 is 1.96 bits per heavy atom. The van der Waals surface area contributed by atoms with E-state index in [4.69, 9.17) is 0 Å². The van der Waals surface area contributed by atoms with Crippen LogP contribution in [0.15, 0.2) is 43.5 Å². The zero-order valence-electron chi connectivity index (χ0n) is 14.1. The minimum atomic E-state index is -1.20. The molecule has 1 atom stereocenters. The summed E-state index contributed by atoms with van der Waals surface area (Å²) in [6.07, 6.45) is 3.36. The lowest BCUT2D eigenvalue weighted by molar-refractivity contribution is -0.385. The molecule has 0 bridgehead atoms. The number of amides is 1. The minimum Gasteiger partial charge on any atom is -0.335 e. The predicted octanol–water partition coefficient (Wildman–Crippen LogP) is 3.17. The van der Waals surface area contributed by atoms with Gasteiger partial charge in [-0.1, -0.05) is 19.1 Å². The van der Waals surface area contributed by atoms with Gasteiger partial charge in [0.05, 0.1) is 4.92 Å². The number of halogens is 1. The topological polar surface area (TPSA) is 80.5 Å². The Bertz CT molecular complexity index is 680. The number of hydrogen-bond donors (Lipinski definition) is 0. The van der Waals surface area contributed by atoms with Crippen LogP contribution in [-0.4, -0.2) is 35.1 Å². The van der Waals surface area contributed by atoms with Crippen molar-refractivity contribution in [1.29, 1.82) is 0 Å². The molecule has 7 heteroatoms. The van der Waals surface area contributed by atoms with Gasteiger partial charge in [-0.2, -0.15) is 0 Å². The normalized spacial score (nSPS) is 12.7. The highest BCUT2D eigenvalue weighted by Gasteiger charge is 2.34. The average Bonchev–Trinajstić information content (AvgIpc) is 2.54. The quantitative estimate of drug-likeness (QED) is 0.281. The number of nitrogens with zero attached hydrogens (tertiary/aromatic N) is 2. The molecular formula is C18H21FN2O4. The third-order valence-electron chi connectivity index (χ3n) is 3.94. The van der Waals surface area contributed by atoms with Crippen molar-refractivity contribution < 1.29 is 18.9 Å². The lowest BCUT2D eigenvalue weighted by atomic mass is 9.76. The third kappa shape index (κ3) is 5.07. The molecule has 0 heterocycles. The molecule has 6 nitrogen and oxygen atoms in total. The zero-order valence-corrected chi connectivity index (χ0v) is 14.1. The first kappa shape index (κ1) is 20.2. The first-order valence-corrected chi connectivity index (χ1v) is 7.66. The fourth-order valence-electron chi connectivity index (χ4n) is 2.59. The number of rotatable bonds is 10. The van der Waals surface area contributed by atoms with Crippen LogP contribution in [0, 0.1) is 15.9 Å². The Balaban J connectivity index is 3.27. The van der Waals surface area contributed by atoms with Crippen molar-refractivity contribution in [3.8, 4) is 0 Å². The molecule has 1 amide bonds. The van der Waals surface area contributed by atoms with E-state index in [0.717, 1.165) is 18.2 Å². The SMILES string of the molecule is C=CCN(CC=C)C(=O)C[C@@](C)(CC=O)c1cc([N+](=O)[O-])ccc1F. The monoisotopic (exact) mass is 348 g/mol. The van der Waals surface area contributed by atoms with Crippen LogP contribution in [0.3, 0.4) is 0 Å². The summed E-state index contributed by atoms with van der Waals surface area (Å²) in [6.45, 7) is 9.26. The van der Waals surface area contributed by atoms with Crippen molar-refractivity contribution >= 4 is 17.9 Å². The van der Waals surface area contributed by atoms with E-state index in [9.17, 15) is 24.1 Å². The smallest absolute Gasteiger partial charge is 0.269 e. The molecule has 0 radical (unpaired) electrons. The molecule has 134 valence electrons. The van der Waals surface area contributed by atoms with Crippen LogP contribution < -0.4 is 0 Å². The molecule has 0 aliphatic heterocycles. The van der Waals surface area contributed by atoms with E-state index in [1.54, 1.807) is 19.1 Å². The van der Waals surface area contributed by atoms with E-state index in [1.165, 1.54) is 4.90 Å². The van der Waals surface area contributed by atoms with Crippen LogP contribution >= 0.6 is 0 Å². The highest BCUT2D eigenvalue weighted by atomic mass is 19.1. The molecule has 0 aromatic heterocycles. The summed E-state index contributed by atoms with van der Waals surface area (Å²) in [5, 5.41) is 11.0. The van der Waals surface area contributed by atoms with Crippen LogP contribution in [0.4, 0.5) is 10.1 Å². The summed E-state index contributed by atoms with van der Waals surface area (Å²) in [7, 11) is 0. The molecular weight excluding hydrogens is 327 g/mol. The van der Waals surface area contributed by atoms with Crippen molar-refractivity contribution in [3.63, 3.8) is 0 Å². The summed E-state index contributed by atoms with van der Waals surface area (Å²) >= 11 is 0. The maximum Gasteiger partial charge on any atom is 0.269 e. The molecule has 0 saturated carbocycles. The second kappa shape index (κ2) is 8.86. The summed E-state index contributed by atoms with van der Waals surface area (Å²) in [4.78, 5) is 35.5. The van der Waals surface area contributed by atoms with E-state index in [-0.39, 0.29) is 43.1 Å². The largest absolute Gasteiger partial charge is 0.335 e. The predicted molar refractivity (Wildman–Crippen MR) is 92.7 cm³/mol. The van der Waals surface area contributed by atoms with Crippen LogP contribution in [0.1, 0.15) is 25.3 Å². The molecule has 0 N–H and O–H groups in total. The Kier molecular flexibility index (Phi) is 7.17. The van der Waals surface area contributed by atoms with Crippen LogP contribution in [0.2, 0.25) is 0 Å². The summed E-state index contributed by atoms with van der Waals surface area (Å²) < 4.78 is 14.3. The Morgan fingerprint density at radius 1 is 1.36 bits per heavy atom. The van der Waals surface area contributed by atoms with E-state index in [0.29, 0.717) is 6.29 Å². The summed E-state index contributed by atoms with van der Waals surface area (Å²) in [5.41, 5.74) is -1.52. The molecule has 0 saturated heterocycles. The second-order valence-corrected chi connectivity index (χ2v) is 5.91. The molecule has 0 aliphatic rings. The maximum atomic E-state index is 14.3. The molecule has 0 aliphatic carbocycles. The van der Waals surface area contributed by atoms with Gasteiger partial charge in [0.1, 0.15) is 12.1 Å². The van der Waals surface area contributed by atoms with Gasteiger partial charge < -0.3 is 9.69 Å². The number of carbonyl (C=O) groups excluding carboxylic acids is 2. The van der Waals surface area contributed by atoms with Gasteiger partial charge in [-0.05, 0) is 6.07 Å². The molecule has 0 spiro atoms. The average molecular weight is 348 g/mol. The van der Waals surface area contributed by atoms with E-state index in [1.807, 2.05) is 0 Å². The third-order valence-corrected chi connectivity index (χ3v) is 3.94. The first-order chi connectivity index (χ1) is 11.8. The molecule has 1 aromatic carbocycles. The summed E-state index contributed by atoms with van der Waals surface area (Å²) in [5.74, 6) is -1.02. The van der Waals surface area contributed by atoms with Gasteiger partial charge in [0, 0.05) is 49.0 Å². The molecule has 0 fully saturated rings. The number of nitro benzene ring substituents is 1. The molecule has 1 rings (SSSR count). The van der Waals surface area contributed by atoms with Gasteiger partial charge in [-0.15, -0.1) is 13.2 Å². The minimum absolute atomic E-state index is 0.0284. The van der Waals surface area contributed by atoms with Crippen LogP contribution in [0.5, 0.6) is 0 Å². The van der Waals surface area contributed by atoms with Crippen molar-refractivity contribution in [2.45, 2.75) is 25.2 Å². The van der Waals surface area contributed by atoms with Crippen molar-refractivity contribution in [2.24, 2.45) is 0 Å². The van der Waals surface area contributed by atoms with E-state index < -0.39 is 16.2 Å². The zero-order chi connectivity index (χ0) is 19.0. The van der Waals surface area contributed by atoms with Crippen molar-refractivity contribution in [2.75, 3.05) is 13.1 Å². The van der Waals surface area contributed by atoms with E-state index in [2.05, 4.69) is 13.2 Å². The fourth-order valence-corrected chi connectivity index (χ4v) is 2.59. The Morgan fingerprint density at radius 3 is 2.44 bits per heavy atom. The number of carbonyl (C=O) groups is 2. The number of nitro groups is 1. The van der Waals surface area contributed by atoms with Gasteiger partial charge in [0.15, 0.2) is 0 Å². The molecule has 0 unspecified atom stereocenters. The fraction of sp³-hybridized carbons (Fsp3) is 0.333. The lowest BCUT2D eigenvalue weighted by Gasteiger charge is -2.30. The highest BCUT2D eigenvalue weighted by molar-refractivity contribution is 5.79. The van der Waals surface area contributed by atoms with Gasteiger partial charge in [0.2, 0.25) is 5.91 Å². The van der Waals surface area contributed by atoms with Crippen molar-refractivity contribution in [1.82, 2.24) is 4.90 Å². The number of non-ortho nitro benzene ring substituents is 1. The van der Waals surface area contributed by atoms with Gasteiger partial charge in [-0.25, -0.2) is 4.39 Å². The summed E-state index contributed by atoms with van der Waals surface area (Å²) in [6, 6.07) is 3.10. The number of benzene rings is 1. The Hall–Kier alpha value is -2.83. The Labute approximate surface area is 145 Å². The standard InChI is InChI=1S/C18H21FN2O4/c1-4-9-20(10-5-2)17(23)13-18(3,8-11-22)15-12-14(21(24)25)6-7-16(15)19/h4-7,11-12H,1-2,8-10,13H2,3H3/t18-/m1/s1. The van der Waals surface area contributed by atoms with E-state index >= 15 is 0 Å². The molecule has 1 aromatic rings. The van der Waals surface area contributed by atoms with Gasteiger partial charge in [-0.3, -0.25) is 14.9 Å². The highest BCUT2D eigenvalue weighted by Crippen LogP contribution is 2.35. The van der Waals surface area contributed by atoms with Crippen molar-refractivity contribution in [3.05, 3.63) is 65.0 Å². The van der Waals surface area contributed by atoms with Gasteiger partial charge >= 0.3 is 0 Å². The second-order valence-electron chi connectivity index (χ2n) is 5.91. The lowest BCUT2D eigenvalue weighted by Crippen LogP contribution is -2.37. The maximum absolute atomic E-state index is 14.3. The van der Waals surface area contributed by atoms with Crippen LogP contribution in [-0.2, 0) is 15.0 Å². The van der Waals surface area contributed by atoms with Gasteiger partial charge in [0.25, 0.3) is 5.69 Å².